The molecule has 6 nitrogen and oxygen atoms in total. The summed E-state index contributed by atoms with van der Waals surface area (Å²) in [5, 5.41) is 5.47. The van der Waals surface area contributed by atoms with E-state index in [9.17, 15) is 14.4 Å². The molecule has 2 N–H and O–H groups in total. The summed E-state index contributed by atoms with van der Waals surface area (Å²) >= 11 is 1.30. The second-order valence-corrected chi connectivity index (χ2v) is 7.33. The highest BCUT2D eigenvalue weighted by atomic mass is 32.2. The van der Waals surface area contributed by atoms with E-state index >= 15 is 0 Å². The maximum absolute atomic E-state index is 12.5. The zero-order valence-electron chi connectivity index (χ0n) is 16.3. The maximum Gasteiger partial charge on any atom is 0.252 e. The van der Waals surface area contributed by atoms with Crippen LogP contribution in [-0.2, 0) is 16.0 Å². The molecule has 0 aliphatic rings. The SMILES string of the molecule is CCc1ccccc1NC(=O)CNC(=O)c1ccccc1SCC(=O)N(C)C. The summed E-state index contributed by atoms with van der Waals surface area (Å²) in [4.78, 5) is 38.7. The number of aryl methyl sites for hydroxylation is 1. The summed E-state index contributed by atoms with van der Waals surface area (Å²) in [6.07, 6.45) is 0.805. The normalized spacial score (nSPS) is 10.2. The maximum atomic E-state index is 12.5. The molecular formula is C21H25N3O3S. The number of hydrogen-bond donors (Lipinski definition) is 2. The molecular weight excluding hydrogens is 374 g/mol. The lowest BCUT2D eigenvalue weighted by Gasteiger charge is -2.13. The average molecular weight is 400 g/mol. The van der Waals surface area contributed by atoms with Crippen LogP contribution in [0.25, 0.3) is 0 Å². The molecule has 0 heterocycles. The van der Waals surface area contributed by atoms with Gasteiger partial charge in [0.1, 0.15) is 0 Å². The summed E-state index contributed by atoms with van der Waals surface area (Å²) in [5.41, 5.74) is 2.23. The number of nitrogens with zero attached hydrogens (tertiary/aromatic N) is 1. The van der Waals surface area contributed by atoms with Crippen molar-refractivity contribution in [3.05, 3.63) is 59.7 Å². The van der Waals surface area contributed by atoms with Gasteiger partial charge in [-0.25, -0.2) is 0 Å². The molecule has 148 valence electrons. The molecule has 0 aromatic heterocycles. The zero-order chi connectivity index (χ0) is 20.5. The fourth-order valence-electron chi connectivity index (χ4n) is 2.45. The number of benzene rings is 2. The first-order chi connectivity index (χ1) is 13.4. The topological polar surface area (TPSA) is 78.5 Å². The highest BCUT2D eigenvalue weighted by Gasteiger charge is 2.14. The molecule has 28 heavy (non-hydrogen) atoms. The van der Waals surface area contributed by atoms with Gasteiger partial charge in [-0.05, 0) is 30.2 Å². The van der Waals surface area contributed by atoms with Gasteiger partial charge in [-0.3, -0.25) is 14.4 Å². The van der Waals surface area contributed by atoms with Gasteiger partial charge in [0, 0.05) is 24.7 Å². The standard InChI is InChI=1S/C21H25N3O3S/c1-4-15-9-5-7-11-17(15)23-19(25)13-22-21(27)16-10-6-8-12-18(16)28-14-20(26)24(2)3/h5-12H,4,13-14H2,1-3H3,(H,22,27)(H,23,25). The predicted molar refractivity (Wildman–Crippen MR) is 113 cm³/mol. The Kier molecular flexibility index (Phi) is 8.07. The molecule has 0 spiro atoms. The molecule has 0 aliphatic heterocycles. The molecule has 0 fully saturated rings. The van der Waals surface area contributed by atoms with E-state index in [1.807, 2.05) is 37.3 Å². The molecule has 7 heteroatoms. The van der Waals surface area contributed by atoms with Crippen molar-refractivity contribution in [2.24, 2.45) is 0 Å². The molecule has 0 saturated carbocycles. The van der Waals surface area contributed by atoms with Crippen molar-refractivity contribution in [1.82, 2.24) is 10.2 Å². The summed E-state index contributed by atoms with van der Waals surface area (Å²) in [7, 11) is 3.38. The zero-order valence-corrected chi connectivity index (χ0v) is 17.1. The van der Waals surface area contributed by atoms with Crippen molar-refractivity contribution in [3.8, 4) is 0 Å². The van der Waals surface area contributed by atoms with Crippen molar-refractivity contribution >= 4 is 35.2 Å². The van der Waals surface area contributed by atoms with Gasteiger partial charge in [0.05, 0.1) is 17.9 Å². The number of nitrogens with one attached hydrogen (secondary N) is 2. The Balaban J connectivity index is 1.96. The Bertz CT molecular complexity index is 852. The van der Waals surface area contributed by atoms with Gasteiger partial charge in [0.2, 0.25) is 11.8 Å². The largest absolute Gasteiger partial charge is 0.348 e. The lowest BCUT2D eigenvalue weighted by molar-refractivity contribution is -0.125. The first-order valence-electron chi connectivity index (χ1n) is 9.00. The highest BCUT2D eigenvalue weighted by molar-refractivity contribution is 8.00. The predicted octanol–water partition coefficient (Wildman–Crippen LogP) is 2.80. The van der Waals surface area contributed by atoms with Crippen LogP contribution in [0.3, 0.4) is 0 Å². The number of amides is 3. The lowest BCUT2D eigenvalue weighted by Crippen LogP contribution is -2.33. The van der Waals surface area contributed by atoms with Crippen molar-refractivity contribution in [2.75, 3.05) is 31.7 Å². The van der Waals surface area contributed by atoms with Crippen LogP contribution in [0.2, 0.25) is 0 Å². The van der Waals surface area contributed by atoms with E-state index in [2.05, 4.69) is 10.6 Å². The van der Waals surface area contributed by atoms with Crippen molar-refractivity contribution < 1.29 is 14.4 Å². The Labute approximate surface area is 169 Å². The smallest absolute Gasteiger partial charge is 0.252 e. The van der Waals surface area contributed by atoms with E-state index in [0.29, 0.717) is 10.5 Å². The van der Waals surface area contributed by atoms with Crippen molar-refractivity contribution in [2.45, 2.75) is 18.2 Å². The third kappa shape index (κ3) is 6.13. The lowest BCUT2D eigenvalue weighted by atomic mass is 10.1. The minimum absolute atomic E-state index is 0.0332. The van der Waals surface area contributed by atoms with E-state index in [4.69, 9.17) is 0 Å². The van der Waals surface area contributed by atoms with Crippen LogP contribution in [-0.4, -0.2) is 49.0 Å². The van der Waals surface area contributed by atoms with E-state index < -0.39 is 0 Å². The minimum atomic E-state index is -0.348. The quantitative estimate of drug-likeness (QED) is 0.669. The van der Waals surface area contributed by atoms with Crippen molar-refractivity contribution in [3.63, 3.8) is 0 Å². The van der Waals surface area contributed by atoms with Gasteiger partial charge in [0.25, 0.3) is 5.91 Å². The molecule has 0 bridgehead atoms. The average Bonchev–Trinajstić information content (AvgIpc) is 2.70. The molecule has 2 aromatic carbocycles. The van der Waals surface area contributed by atoms with Crippen LogP contribution in [0.15, 0.2) is 53.4 Å². The highest BCUT2D eigenvalue weighted by Crippen LogP contribution is 2.23. The molecule has 0 unspecified atom stereocenters. The summed E-state index contributed by atoms with van der Waals surface area (Å²) < 4.78 is 0. The number of thioether (sulfide) groups is 1. The first kappa shape index (κ1) is 21.5. The van der Waals surface area contributed by atoms with Gasteiger partial charge < -0.3 is 15.5 Å². The van der Waals surface area contributed by atoms with Crippen LogP contribution in [0.1, 0.15) is 22.8 Å². The molecule has 0 radical (unpaired) electrons. The van der Waals surface area contributed by atoms with Gasteiger partial charge >= 0.3 is 0 Å². The van der Waals surface area contributed by atoms with Gasteiger partial charge in [-0.2, -0.15) is 0 Å². The van der Waals surface area contributed by atoms with E-state index in [1.165, 1.54) is 16.7 Å². The second-order valence-electron chi connectivity index (χ2n) is 6.31. The number of rotatable bonds is 8. The van der Waals surface area contributed by atoms with Crippen molar-refractivity contribution in [1.29, 1.82) is 0 Å². The number of para-hydroxylation sites is 1. The third-order valence-corrected chi connectivity index (χ3v) is 5.12. The molecule has 0 atom stereocenters. The monoisotopic (exact) mass is 399 g/mol. The van der Waals surface area contributed by atoms with Gasteiger partial charge in [-0.1, -0.05) is 37.3 Å². The fraction of sp³-hybridized carbons (Fsp3) is 0.286. The summed E-state index contributed by atoms with van der Waals surface area (Å²) in [6, 6.07) is 14.6. The van der Waals surface area contributed by atoms with Gasteiger partial charge in [-0.15, -0.1) is 11.8 Å². The van der Waals surface area contributed by atoms with E-state index in [-0.39, 0.29) is 30.0 Å². The Morgan fingerprint density at radius 3 is 2.39 bits per heavy atom. The molecule has 2 aromatic rings. The third-order valence-electron chi connectivity index (χ3n) is 4.06. The Hall–Kier alpha value is -2.80. The fourth-order valence-corrected chi connectivity index (χ4v) is 3.48. The Morgan fingerprint density at radius 2 is 1.68 bits per heavy atom. The molecule has 0 saturated heterocycles. The van der Waals surface area contributed by atoms with Gasteiger partial charge in [0.15, 0.2) is 0 Å². The van der Waals surface area contributed by atoms with E-state index in [1.54, 1.807) is 32.3 Å². The van der Waals surface area contributed by atoms with E-state index in [0.717, 1.165) is 17.7 Å². The second kappa shape index (κ2) is 10.5. The molecule has 3 amide bonds. The minimum Gasteiger partial charge on any atom is -0.348 e. The summed E-state index contributed by atoms with van der Waals surface area (Å²) in [5.74, 6) is -0.429. The van der Waals surface area contributed by atoms with Crippen LogP contribution >= 0.6 is 11.8 Å². The number of hydrogen-bond acceptors (Lipinski definition) is 4. The van der Waals surface area contributed by atoms with Crippen LogP contribution in [0, 0.1) is 0 Å². The van der Waals surface area contributed by atoms with Crippen LogP contribution in [0.4, 0.5) is 5.69 Å². The molecule has 2 rings (SSSR count). The Morgan fingerprint density at radius 1 is 1.00 bits per heavy atom. The molecule has 0 aliphatic carbocycles. The summed E-state index contributed by atoms with van der Waals surface area (Å²) in [6.45, 7) is 1.88. The van der Waals surface area contributed by atoms with Crippen LogP contribution in [0.5, 0.6) is 0 Å². The number of carbonyl (C=O) groups is 3. The number of anilines is 1. The number of carbonyl (C=O) groups excluding carboxylic acids is 3. The first-order valence-corrected chi connectivity index (χ1v) is 9.98. The van der Waals surface area contributed by atoms with Crippen LogP contribution < -0.4 is 10.6 Å².